The van der Waals surface area contributed by atoms with Crippen molar-refractivity contribution < 1.29 is 17.9 Å². The summed E-state index contributed by atoms with van der Waals surface area (Å²) in [7, 11) is -3.20. The van der Waals surface area contributed by atoms with Crippen LogP contribution in [0.5, 0.6) is 5.75 Å². The van der Waals surface area contributed by atoms with Crippen LogP contribution in [0.15, 0.2) is 29.2 Å². The van der Waals surface area contributed by atoms with Crippen molar-refractivity contribution >= 4 is 15.7 Å². The molecular formula is C13H17NO4S. The Morgan fingerprint density at radius 2 is 1.95 bits per heavy atom. The summed E-state index contributed by atoms with van der Waals surface area (Å²) < 4.78 is 27.8. The second-order valence-corrected chi connectivity index (χ2v) is 6.80. The average molecular weight is 283 g/mol. The van der Waals surface area contributed by atoms with E-state index >= 15 is 0 Å². The quantitative estimate of drug-likeness (QED) is 0.845. The molecule has 1 aliphatic rings. The van der Waals surface area contributed by atoms with E-state index in [9.17, 15) is 13.2 Å². The molecule has 0 spiro atoms. The fourth-order valence-corrected chi connectivity index (χ4v) is 2.19. The van der Waals surface area contributed by atoms with Crippen LogP contribution in [0, 0.1) is 5.92 Å². The molecule has 1 saturated carbocycles. The minimum Gasteiger partial charge on any atom is -0.484 e. The van der Waals surface area contributed by atoms with Crippen LogP contribution in [0.25, 0.3) is 0 Å². The van der Waals surface area contributed by atoms with E-state index in [2.05, 4.69) is 5.32 Å². The normalized spacial score (nSPS) is 15.0. The highest BCUT2D eigenvalue weighted by Crippen LogP contribution is 2.27. The molecule has 19 heavy (non-hydrogen) atoms. The molecule has 104 valence electrons. The van der Waals surface area contributed by atoms with Crippen molar-refractivity contribution in [3.63, 3.8) is 0 Å². The number of ether oxygens (including phenoxy) is 1. The van der Waals surface area contributed by atoms with Gasteiger partial charge in [0.2, 0.25) is 0 Å². The standard InChI is InChI=1S/C13H17NO4S/c1-19(16,17)12-6-4-11(5-7-12)18-9-13(15)14-8-10-2-3-10/h4-7,10H,2-3,8-9H2,1H3,(H,14,15). The van der Waals surface area contributed by atoms with Gasteiger partial charge in [0, 0.05) is 12.8 Å². The number of sulfone groups is 1. The average Bonchev–Trinajstić information content (AvgIpc) is 3.17. The van der Waals surface area contributed by atoms with Gasteiger partial charge in [-0.05, 0) is 43.0 Å². The van der Waals surface area contributed by atoms with Gasteiger partial charge in [-0.25, -0.2) is 8.42 Å². The van der Waals surface area contributed by atoms with Crippen LogP contribution in [0.1, 0.15) is 12.8 Å². The molecule has 1 N–H and O–H groups in total. The second kappa shape index (κ2) is 5.61. The van der Waals surface area contributed by atoms with Gasteiger partial charge in [0.1, 0.15) is 5.75 Å². The Morgan fingerprint density at radius 1 is 1.32 bits per heavy atom. The lowest BCUT2D eigenvalue weighted by Crippen LogP contribution is -2.30. The van der Waals surface area contributed by atoms with E-state index in [1.165, 1.54) is 25.0 Å². The van der Waals surface area contributed by atoms with Gasteiger partial charge in [-0.2, -0.15) is 0 Å². The molecule has 0 saturated heterocycles. The van der Waals surface area contributed by atoms with Crippen LogP contribution in [0.3, 0.4) is 0 Å². The molecule has 5 nitrogen and oxygen atoms in total. The summed E-state index contributed by atoms with van der Waals surface area (Å²) in [5, 5.41) is 2.79. The van der Waals surface area contributed by atoms with E-state index < -0.39 is 9.84 Å². The van der Waals surface area contributed by atoms with Crippen LogP contribution in [-0.2, 0) is 14.6 Å². The van der Waals surface area contributed by atoms with Gasteiger partial charge in [-0.15, -0.1) is 0 Å². The number of nitrogens with one attached hydrogen (secondary N) is 1. The zero-order valence-electron chi connectivity index (χ0n) is 10.8. The Labute approximate surface area is 112 Å². The van der Waals surface area contributed by atoms with Crippen molar-refractivity contribution in [3.05, 3.63) is 24.3 Å². The molecule has 0 aromatic heterocycles. The lowest BCUT2D eigenvalue weighted by molar-refractivity contribution is -0.123. The molecule has 1 aromatic carbocycles. The predicted molar refractivity (Wildman–Crippen MR) is 70.8 cm³/mol. The Balaban J connectivity index is 1.80. The van der Waals surface area contributed by atoms with Crippen molar-refractivity contribution in [1.82, 2.24) is 5.32 Å². The summed E-state index contributed by atoms with van der Waals surface area (Å²) in [5.74, 6) is 0.964. The number of hydrogen-bond acceptors (Lipinski definition) is 4. The fraction of sp³-hybridized carbons (Fsp3) is 0.462. The van der Waals surface area contributed by atoms with E-state index in [1.54, 1.807) is 12.1 Å². The number of amides is 1. The van der Waals surface area contributed by atoms with E-state index in [1.807, 2.05) is 0 Å². The van der Waals surface area contributed by atoms with E-state index in [0.29, 0.717) is 11.7 Å². The molecule has 0 atom stereocenters. The highest BCUT2D eigenvalue weighted by Gasteiger charge is 2.21. The predicted octanol–water partition coefficient (Wildman–Crippen LogP) is 0.995. The van der Waals surface area contributed by atoms with Crippen molar-refractivity contribution in [2.45, 2.75) is 17.7 Å². The molecule has 0 unspecified atom stereocenters. The summed E-state index contributed by atoms with van der Waals surface area (Å²) in [6, 6.07) is 6.02. The first-order valence-electron chi connectivity index (χ1n) is 6.15. The van der Waals surface area contributed by atoms with Crippen molar-refractivity contribution in [2.75, 3.05) is 19.4 Å². The number of rotatable bonds is 6. The first-order valence-corrected chi connectivity index (χ1v) is 8.04. The fourth-order valence-electron chi connectivity index (χ4n) is 1.56. The molecule has 0 radical (unpaired) electrons. The summed E-state index contributed by atoms with van der Waals surface area (Å²) >= 11 is 0. The molecule has 1 fully saturated rings. The zero-order valence-corrected chi connectivity index (χ0v) is 11.6. The molecule has 1 aromatic rings. The number of hydrogen-bond donors (Lipinski definition) is 1. The number of carbonyl (C=O) groups excluding carboxylic acids is 1. The SMILES string of the molecule is CS(=O)(=O)c1ccc(OCC(=O)NCC2CC2)cc1. The third-order valence-corrected chi connectivity index (χ3v) is 4.04. The van der Waals surface area contributed by atoms with Crippen molar-refractivity contribution in [1.29, 1.82) is 0 Å². The molecule has 1 amide bonds. The van der Waals surface area contributed by atoms with Crippen molar-refractivity contribution in [2.24, 2.45) is 5.92 Å². The molecule has 0 heterocycles. The molecular weight excluding hydrogens is 266 g/mol. The summed E-state index contributed by atoms with van der Waals surface area (Å²) in [6.07, 6.45) is 3.52. The highest BCUT2D eigenvalue weighted by molar-refractivity contribution is 7.90. The Bertz CT molecular complexity index is 547. The number of carbonyl (C=O) groups is 1. The third-order valence-electron chi connectivity index (χ3n) is 2.91. The van der Waals surface area contributed by atoms with Crippen LogP contribution >= 0.6 is 0 Å². The van der Waals surface area contributed by atoms with E-state index in [4.69, 9.17) is 4.74 Å². The van der Waals surface area contributed by atoms with Crippen LogP contribution in [0.2, 0.25) is 0 Å². The first kappa shape index (κ1) is 13.9. The summed E-state index contributed by atoms with van der Waals surface area (Å²) in [4.78, 5) is 11.7. The third kappa shape index (κ3) is 4.55. The monoisotopic (exact) mass is 283 g/mol. The largest absolute Gasteiger partial charge is 0.484 e. The molecule has 6 heteroatoms. The maximum atomic E-state index is 11.4. The molecule has 0 aliphatic heterocycles. The smallest absolute Gasteiger partial charge is 0.257 e. The molecule has 1 aliphatic carbocycles. The minimum atomic E-state index is -3.20. The topological polar surface area (TPSA) is 72.5 Å². The number of benzene rings is 1. The van der Waals surface area contributed by atoms with Crippen LogP contribution in [0.4, 0.5) is 0 Å². The van der Waals surface area contributed by atoms with Gasteiger partial charge < -0.3 is 10.1 Å². The Kier molecular flexibility index (Phi) is 4.09. The van der Waals surface area contributed by atoms with E-state index in [0.717, 1.165) is 12.8 Å². The van der Waals surface area contributed by atoms with Gasteiger partial charge in [-0.1, -0.05) is 0 Å². The van der Waals surface area contributed by atoms with Gasteiger partial charge in [0.15, 0.2) is 16.4 Å². The lowest BCUT2D eigenvalue weighted by atomic mass is 10.3. The summed E-state index contributed by atoms with van der Waals surface area (Å²) in [5.41, 5.74) is 0. The maximum absolute atomic E-state index is 11.4. The van der Waals surface area contributed by atoms with Crippen molar-refractivity contribution in [3.8, 4) is 5.75 Å². The Morgan fingerprint density at radius 3 is 2.47 bits per heavy atom. The molecule has 0 bridgehead atoms. The minimum absolute atomic E-state index is 0.0507. The van der Waals surface area contributed by atoms with Crippen LogP contribution in [-0.4, -0.2) is 33.7 Å². The van der Waals surface area contributed by atoms with Gasteiger partial charge >= 0.3 is 0 Å². The maximum Gasteiger partial charge on any atom is 0.257 e. The lowest BCUT2D eigenvalue weighted by Gasteiger charge is -2.07. The van der Waals surface area contributed by atoms with E-state index in [-0.39, 0.29) is 17.4 Å². The highest BCUT2D eigenvalue weighted by atomic mass is 32.2. The first-order chi connectivity index (χ1) is 8.95. The second-order valence-electron chi connectivity index (χ2n) is 4.78. The molecule has 2 rings (SSSR count). The van der Waals surface area contributed by atoms with Gasteiger partial charge in [-0.3, -0.25) is 4.79 Å². The van der Waals surface area contributed by atoms with Gasteiger partial charge in [0.05, 0.1) is 4.90 Å². The Hall–Kier alpha value is -1.56. The zero-order chi connectivity index (χ0) is 13.9. The van der Waals surface area contributed by atoms with Crippen LogP contribution < -0.4 is 10.1 Å². The summed E-state index contributed by atoms with van der Waals surface area (Å²) in [6.45, 7) is 0.667. The van der Waals surface area contributed by atoms with Gasteiger partial charge in [0.25, 0.3) is 5.91 Å².